The van der Waals surface area contributed by atoms with E-state index in [1.54, 1.807) is 6.07 Å². The zero-order chi connectivity index (χ0) is 10.6. The lowest BCUT2D eigenvalue weighted by Crippen LogP contribution is -2.08. The second kappa shape index (κ2) is 4.64. The predicted molar refractivity (Wildman–Crippen MR) is 55.1 cm³/mol. The summed E-state index contributed by atoms with van der Waals surface area (Å²) in [5.41, 5.74) is 13.3. The molecule has 0 spiro atoms. The summed E-state index contributed by atoms with van der Waals surface area (Å²) in [6, 6.07) is 3.42. The van der Waals surface area contributed by atoms with Crippen LogP contribution in [0.1, 0.15) is 21.5 Å². The summed E-state index contributed by atoms with van der Waals surface area (Å²) in [4.78, 5) is 15.0. The molecule has 1 rings (SSSR count). The average Bonchev–Trinajstić information content (AvgIpc) is 2.53. The van der Waals surface area contributed by atoms with E-state index in [-0.39, 0.29) is 6.04 Å². The van der Waals surface area contributed by atoms with Crippen LogP contribution >= 0.6 is 11.3 Å². The van der Waals surface area contributed by atoms with Gasteiger partial charge in [0.05, 0.1) is 4.88 Å². The van der Waals surface area contributed by atoms with Crippen LogP contribution in [-0.4, -0.2) is 11.9 Å². The first-order valence-electron chi connectivity index (χ1n) is 4.06. The standard InChI is InChI=1S/C8H10N4OS/c1-5(11-12-10)4-6-2-3-7(14-6)8(9)13/h2-3,5H,4H2,1H3,(H2,9,13). The number of azide groups is 1. The van der Waals surface area contributed by atoms with Gasteiger partial charge in [0.1, 0.15) is 0 Å². The van der Waals surface area contributed by atoms with Crippen molar-refractivity contribution in [3.63, 3.8) is 0 Å². The van der Waals surface area contributed by atoms with E-state index in [1.807, 2.05) is 13.0 Å². The van der Waals surface area contributed by atoms with E-state index in [1.165, 1.54) is 11.3 Å². The Labute approximate surface area is 85.2 Å². The fourth-order valence-corrected chi connectivity index (χ4v) is 2.02. The maximum atomic E-state index is 10.8. The highest BCUT2D eigenvalue weighted by molar-refractivity contribution is 7.14. The van der Waals surface area contributed by atoms with E-state index in [0.29, 0.717) is 11.3 Å². The number of nitrogens with zero attached hydrogens (tertiary/aromatic N) is 3. The van der Waals surface area contributed by atoms with Crippen LogP contribution in [0.2, 0.25) is 0 Å². The molecule has 1 aromatic heterocycles. The third kappa shape index (κ3) is 2.76. The van der Waals surface area contributed by atoms with Gasteiger partial charge in [0.15, 0.2) is 0 Å². The number of hydrogen-bond acceptors (Lipinski definition) is 3. The third-order valence-electron chi connectivity index (χ3n) is 1.65. The van der Waals surface area contributed by atoms with Gasteiger partial charge in [0.25, 0.3) is 5.91 Å². The number of carbonyl (C=O) groups is 1. The van der Waals surface area contributed by atoms with E-state index < -0.39 is 5.91 Å². The summed E-state index contributed by atoms with van der Waals surface area (Å²) >= 11 is 1.34. The summed E-state index contributed by atoms with van der Waals surface area (Å²) in [5, 5.41) is 3.55. The highest BCUT2D eigenvalue weighted by atomic mass is 32.1. The maximum absolute atomic E-state index is 10.8. The minimum Gasteiger partial charge on any atom is -0.365 e. The molecule has 0 aliphatic heterocycles. The topological polar surface area (TPSA) is 91.9 Å². The molecule has 1 aromatic rings. The maximum Gasteiger partial charge on any atom is 0.258 e. The Hall–Kier alpha value is -1.52. The monoisotopic (exact) mass is 210 g/mol. The van der Waals surface area contributed by atoms with Crippen molar-refractivity contribution < 1.29 is 4.79 Å². The molecule has 1 atom stereocenters. The van der Waals surface area contributed by atoms with Crippen molar-refractivity contribution in [2.45, 2.75) is 19.4 Å². The molecule has 0 aliphatic carbocycles. The van der Waals surface area contributed by atoms with Crippen LogP contribution in [0.4, 0.5) is 0 Å². The Morgan fingerprint density at radius 2 is 2.50 bits per heavy atom. The molecule has 1 unspecified atom stereocenters. The molecule has 1 amide bonds. The van der Waals surface area contributed by atoms with Gasteiger partial charge >= 0.3 is 0 Å². The Kier molecular flexibility index (Phi) is 3.50. The fraction of sp³-hybridized carbons (Fsp3) is 0.375. The summed E-state index contributed by atoms with van der Waals surface area (Å²) in [7, 11) is 0. The zero-order valence-electron chi connectivity index (χ0n) is 7.67. The van der Waals surface area contributed by atoms with Crippen LogP contribution in [0.25, 0.3) is 10.4 Å². The molecule has 0 aromatic carbocycles. The lowest BCUT2D eigenvalue weighted by atomic mass is 10.2. The van der Waals surface area contributed by atoms with Gasteiger partial charge in [-0.1, -0.05) is 12.0 Å². The summed E-state index contributed by atoms with van der Waals surface area (Å²) < 4.78 is 0. The molecule has 2 N–H and O–H groups in total. The van der Waals surface area contributed by atoms with Gasteiger partial charge in [-0.3, -0.25) is 4.79 Å². The molecule has 1 heterocycles. The minimum absolute atomic E-state index is 0.0978. The SMILES string of the molecule is CC(Cc1ccc(C(N)=O)s1)N=[N+]=[N-]. The average molecular weight is 210 g/mol. The van der Waals surface area contributed by atoms with Gasteiger partial charge in [-0.15, -0.1) is 11.3 Å². The van der Waals surface area contributed by atoms with Crippen LogP contribution in [-0.2, 0) is 6.42 Å². The smallest absolute Gasteiger partial charge is 0.258 e. The predicted octanol–water partition coefficient (Wildman–Crippen LogP) is 2.09. The number of thiophene rings is 1. The lowest BCUT2D eigenvalue weighted by Gasteiger charge is -1.99. The molecule has 14 heavy (non-hydrogen) atoms. The highest BCUT2D eigenvalue weighted by Gasteiger charge is 2.07. The van der Waals surface area contributed by atoms with Gasteiger partial charge < -0.3 is 5.73 Å². The van der Waals surface area contributed by atoms with E-state index in [4.69, 9.17) is 11.3 Å². The lowest BCUT2D eigenvalue weighted by molar-refractivity contribution is 0.100. The van der Waals surface area contributed by atoms with Gasteiger partial charge in [0, 0.05) is 15.8 Å². The van der Waals surface area contributed by atoms with Crippen molar-refractivity contribution in [2.24, 2.45) is 10.8 Å². The zero-order valence-corrected chi connectivity index (χ0v) is 8.49. The Morgan fingerprint density at radius 3 is 3.00 bits per heavy atom. The van der Waals surface area contributed by atoms with Gasteiger partial charge in [-0.25, -0.2) is 0 Å². The third-order valence-corrected chi connectivity index (χ3v) is 2.77. The van der Waals surface area contributed by atoms with Crippen LogP contribution in [0.15, 0.2) is 17.2 Å². The van der Waals surface area contributed by atoms with Crippen molar-refractivity contribution in [1.82, 2.24) is 0 Å². The number of nitrogens with two attached hydrogens (primary N) is 1. The molecular weight excluding hydrogens is 200 g/mol. The number of hydrogen-bond donors (Lipinski definition) is 1. The fourth-order valence-electron chi connectivity index (χ4n) is 1.04. The summed E-state index contributed by atoms with van der Waals surface area (Å²) in [6.45, 7) is 1.82. The van der Waals surface area contributed by atoms with Gasteiger partial charge in [-0.2, -0.15) is 0 Å². The molecule has 0 saturated carbocycles. The van der Waals surface area contributed by atoms with Crippen molar-refractivity contribution in [2.75, 3.05) is 0 Å². The number of rotatable bonds is 4. The van der Waals surface area contributed by atoms with Crippen molar-refractivity contribution in [1.29, 1.82) is 0 Å². The highest BCUT2D eigenvalue weighted by Crippen LogP contribution is 2.18. The van der Waals surface area contributed by atoms with Crippen molar-refractivity contribution in [3.05, 3.63) is 32.3 Å². The van der Waals surface area contributed by atoms with Crippen molar-refractivity contribution in [3.8, 4) is 0 Å². The quantitative estimate of drug-likeness (QED) is 0.460. The number of carbonyl (C=O) groups excluding carboxylic acids is 1. The molecule has 0 fully saturated rings. The van der Waals surface area contributed by atoms with E-state index in [9.17, 15) is 4.79 Å². The molecular formula is C8H10N4OS. The molecule has 6 heteroatoms. The summed E-state index contributed by atoms with van der Waals surface area (Å²) in [5.74, 6) is -0.419. The molecule has 0 radical (unpaired) electrons. The first-order valence-corrected chi connectivity index (χ1v) is 4.88. The summed E-state index contributed by atoms with van der Waals surface area (Å²) in [6.07, 6.45) is 0.641. The van der Waals surface area contributed by atoms with Crippen LogP contribution < -0.4 is 5.73 Å². The normalized spacial score (nSPS) is 11.8. The molecule has 74 valence electrons. The van der Waals surface area contributed by atoms with Crippen LogP contribution in [0.5, 0.6) is 0 Å². The molecule has 0 aliphatic rings. The van der Waals surface area contributed by atoms with Gasteiger partial charge in [0.2, 0.25) is 0 Å². The van der Waals surface area contributed by atoms with Crippen molar-refractivity contribution >= 4 is 17.2 Å². The van der Waals surface area contributed by atoms with Crippen LogP contribution in [0, 0.1) is 0 Å². The second-order valence-corrected chi connectivity index (χ2v) is 4.06. The first-order chi connectivity index (χ1) is 6.63. The molecule has 0 saturated heterocycles. The number of primary amides is 1. The van der Waals surface area contributed by atoms with E-state index in [2.05, 4.69) is 10.0 Å². The molecule has 5 nitrogen and oxygen atoms in total. The Bertz CT molecular complexity index is 380. The van der Waals surface area contributed by atoms with E-state index >= 15 is 0 Å². The number of amides is 1. The minimum atomic E-state index is -0.419. The Balaban J connectivity index is 2.68. The largest absolute Gasteiger partial charge is 0.365 e. The second-order valence-electron chi connectivity index (χ2n) is 2.89. The van der Waals surface area contributed by atoms with Crippen LogP contribution in [0.3, 0.4) is 0 Å². The van der Waals surface area contributed by atoms with E-state index in [0.717, 1.165) is 4.88 Å². The molecule has 0 bridgehead atoms. The first kappa shape index (κ1) is 10.6. The van der Waals surface area contributed by atoms with Gasteiger partial charge in [-0.05, 0) is 24.1 Å². The Morgan fingerprint density at radius 1 is 1.79 bits per heavy atom.